The first-order chi connectivity index (χ1) is 14.0. The first-order valence-electron chi connectivity index (χ1n) is 10.3. The van der Waals surface area contributed by atoms with Crippen LogP contribution in [0.4, 0.5) is 0 Å². The zero-order valence-corrected chi connectivity index (χ0v) is 17.5. The molecule has 0 bridgehead atoms. The molecule has 1 saturated heterocycles. The average Bonchev–Trinajstić information content (AvgIpc) is 3.17. The topological polar surface area (TPSA) is 62.1 Å². The summed E-state index contributed by atoms with van der Waals surface area (Å²) in [5, 5.41) is 13.5. The van der Waals surface area contributed by atoms with E-state index in [0.717, 1.165) is 42.8 Å². The maximum Gasteiger partial charge on any atom is 0.307 e. The van der Waals surface area contributed by atoms with Gasteiger partial charge < -0.3 is 9.94 Å². The molecule has 0 aromatic heterocycles. The highest BCUT2D eigenvalue weighted by Crippen LogP contribution is 2.22. The van der Waals surface area contributed by atoms with Gasteiger partial charge in [0.15, 0.2) is 0 Å². The number of hydrogen-bond acceptors (Lipinski definition) is 4. The molecular weight excluding hydrogens is 364 g/mol. The summed E-state index contributed by atoms with van der Waals surface area (Å²) in [5.41, 5.74) is 6.76. The van der Waals surface area contributed by atoms with Gasteiger partial charge in [-0.1, -0.05) is 54.0 Å². The largest absolute Gasteiger partial charge is 0.481 e. The normalized spacial score (nSPS) is 17.5. The van der Waals surface area contributed by atoms with Gasteiger partial charge in [0.1, 0.15) is 6.61 Å². The van der Waals surface area contributed by atoms with Crippen LogP contribution in [-0.2, 0) is 29.2 Å². The van der Waals surface area contributed by atoms with Crippen LogP contribution in [0.25, 0.3) is 0 Å². The smallest absolute Gasteiger partial charge is 0.307 e. The summed E-state index contributed by atoms with van der Waals surface area (Å²) in [7, 11) is 0. The number of benzene rings is 2. The maximum atomic E-state index is 11.2. The zero-order valence-electron chi connectivity index (χ0n) is 17.5. The molecule has 0 amide bonds. The van der Waals surface area contributed by atoms with Crippen molar-refractivity contribution in [3.05, 3.63) is 70.3 Å². The van der Waals surface area contributed by atoms with Crippen LogP contribution in [0.3, 0.4) is 0 Å². The van der Waals surface area contributed by atoms with Gasteiger partial charge in [-0.05, 0) is 61.6 Å². The number of likely N-dealkylation sites (tertiary alicyclic amines) is 1. The number of carboxylic acid groups (broad SMARTS) is 1. The molecule has 2 aromatic rings. The Morgan fingerprint density at radius 2 is 2.07 bits per heavy atom. The Morgan fingerprint density at radius 3 is 2.76 bits per heavy atom. The third-order valence-electron chi connectivity index (χ3n) is 5.54. The molecule has 0 saturated carbocycles. The number of carbonyl (C=O) groups is 1. The van der Waals surface area contributed by atoms with Gasteiger partial charge in [0.25, 0.3) is 0 Å². The van der Waals surface area contributed by atoms with Crippen LogP contribution >= 0.6 is 0 Å². The fraction of sp³-hybridized carbons (Fsp3) is 0.417. The first kappa shape index (κ1) is 21.1. The van der Waals surface area contributed by atoms with Gasteiger partial charge in [0, 0.05) is 13.1 Å². The molecule has 1 atom stereocenters. The second-order valence-electron chi connectivity index (χ2n) is 7.84. The number of nitrogens with zero attached hydrogens (tertiary/aromatic N) is 2. The number of carboxylic acids is 1. The minimum atomic E-state index is -0.684. The van der Waals surface area contributed by atoms with E-state index in [9.17, 15) is 9.90 Å². The molecule has 2 aromatic carbocycles. The minimum absolute atomic E-state index is 0.237. The molecule has 5 nitrogen and oxygen atoms in total. The van der Waals surface area contributed by atoms with Gasteiger partial charge in [0.05, 0.1) is 11.6 Å². The molecule has 1 aliphatic rings. The van der Waals surface area contributed by atoms with Crippen LogP contribution in [0.2, 0.25) is 0 Å². The van der Waals surface area contributed by atoms with E-state index in [-0.39, 0.29) is 5.92 Å². The van der Waals surface area contributed by atoms with Crippen LogP contribution in [0.1, 0.15) is 48.1 Å². The Morgan fingerprint density at radius 1 is 1.24 bits per heavy atom. The molecule has 1 unspecified atom stereocenters. The van der Waals surface area contributed by atoms with E-state index in [2.05, 4.69) is 54.2 Å². The highest BCUT2D eigenvalue weighted by molar-refractivity contribution is 5.98. The second-order valence-corrected chi connectivity index (χ2v) is 7.84. The van der Waals surface area contributed by atoms with Crippen molar-refractivity contribution in [1.82, 2.24) is 4.90 Å². The number of aliphatic carboxylic acids is 1. The number of hydrogen-bond donors (Lipinski definition) is 1. The number of oxime groups is 1. The van der Waals surface area contributed by atoms with Crippen molar-refractivity contribution in [3.63, 3.8) is 0 Å². The van der Waals surface area contributed by atoms with Crippen molar-refractivity contribution < 1.29 is 14.7 Å². The van der Waals surface area contributed by atoms with Gasteiger partial charge in [-0.15, -0.1) is 0 Å². The Labute approximate surface area is 173 Å². The summed E-state index contributed by atoms with van der Waals surface area (Å²) in [6.07, 6.45) is 1.66. The van der Waals surface area contributed by atoms with Gasteiger partial charge in [-0.25, -0.2) is 0 Å². The van der Waals surface area contributed by atoms with Crippen molar-refractivity contribution in [1.29, 1.82) is 0 Å². The van der Waals surface area contributed by atoms with Crippen LogP contribution in [-0.4, -0.2) is 34.8 Å². The van der Waals surface area contributed by atoms with Crippen molar-refractivity contribution in [3.8, 4) is 0 Å². The van der Waals surface area contributed by atoms with Crippen molar-refractivity contribution in [2.24, 2.45) is 11.1 Å². The standard InChI is InChI=1S/C24H30N2O3/c1-4-20-13-21(18(3)25-29-16-19-7-5-6-17(2)12-19)8-9-22(20)14-26-11-10-23(15-26)24(27)28/h5-9,12-13,23H,4,10-11,14-16H2,1-3H3,(H,27,28). The van der Waals surface area contributed by atoms with Crippen molar-refractivity contribution in [2.75, 3.05) is 13.1 Å². The predicted molar refractivity (Wildman–Crippen MR) is 115 cm³/mol. The summed E-state index contributed by atoms with van der Waals surface area (Å²) in [5.74, 6) is -0.921. The highest BCUT2D eigenvalue weighted by atomic mass is 16.6. The van der Waals surface area contributed by atoms with E-state index in [1.54, 1.807) is 0 Å². The number of aryl methyl sites for hydroxylation is 2. The lowest BCUT2D eigenvalue weighted by Crippen LogP contribution is -2.23. The Bertz CT molecular complexity index is 891. The molecule has 0 spiro atoms. The van der Waals surface area contributed by atoms with E-state index in [1.807, 2.05) is 19.1 Å². The van der Waals surface area contributed by atoms with E-state index in [0.29, 0.717) is 13.2 Å². The number of rotatable bonds is 8. The average molecular weight is 395 g/mol. The SMILES string of the molecule is CCc1cc(C(C)=NOCc2cccc(C)c2)ccc1CN1CCC(C(=O)O)C1. The lowest BCUT2D eigenvalue weighted by Gasteiger charge is -2.18. The van der Waals surface area contributed by atoms with Crippen LogP contribution in [0.15, 0.2) is 47.6 Å². The Kier molecular flexibility index (Phi) is 7.04. The van der Waals surface area contributed by atoms with Gasteiger partial charge in [-0.3, -0.25) is 9.69 Å². The molecular formula is C24H30N2O3. The summed E-state index contributed by atoms with van der Waals surface area (Å²) >= 11 is 0. The molecule has 1 heterocycles. The van der Waals surface area contributed by atoms with E-state index < -0.39 is 5.97 Å². The third-order valence-corrected chi connectivity index (χ3v) is 5.54. The van der Waals surface area contributed by atoms with Crippen LogP contribution in [0.5, 0.6) is 0 Å². The molecule has 0 aliphatic carbocycles. The summed E-state index contributed by atoms with van der Waals surface area (Å²) in [6.45, 7) is 8.90. The molecule has 1 N–H and O–H groups in total. The molecule has 1 fully saturated rings. The summed E-state index contributed by atoms with van der Waals surface area (Å²) in [6, 6.07) is 14.6. The highest BCUT2D eigenvalue weighted by Gasteiger charge is 2.28. The third kappa shape index (κ3) is 5.67. The first-order valence-corrected chi connectivity index (χ1v) is 10.3. The van der Waals surface area contributed by atoms with Gasteiger partial charge in [0.2, 0.25) is 0 Å². The van der Waals surface area contributed by atoms with Gasteiger partial charge >= 0.3 is 5.97 Å². The van der Waals surface area contributed by atoms with E-state index >= 15 is 0 Å². The fourth-order valence-corrected chi connectivity index (χ4v) is 3.81. The fourth-order valence-electron chi connectivity index (χ4n) is 3.81. The molecule has 29 heavy (non-hydrogen) atoms. The monoisotopic (exact) mass is 394 g/mol. The lowest BCUT2D eigenvalue weighted by molar-refractivity contribution is -0.141. The molecule has 1 aliphatic heterocycles. The maximum absolute atomic E-state index is 11.2. The zero-order chi connectivity index (χ0) is 20.8. The molecule has 154 valence electrons. The quantitative estimate of drug-likeness (QED) is 0.532. The molecule has 3 rings (SSSR count). The van der Waals surface area contributed by atoms with Crippen LogP contribution in [0, 0.1) is 12.8 Å². The Balaban J connectivity index is 1.63. The Hall–Kier alpha value is -2.66. The van der Waals surface area contributed by atoms with E-state index in [1.165, 1.54) is 16.7 Å². The van der Waals surface area contributed by atoms with Crippen LogP contribution < -0.4 is 0 Å². The van der Waals surface area contributed by atoms with Gasteiger partial charge in [-0.2, -0.15) is 0 Å². The van der Waals surface area contributed by atoms with Crippen molar-refractivity contribution >= 4 is 11.7 Å². The molecule has 5 heteroatoms. The molecule has 0 radical (unpaired) electrons. The second kappa shape index (κ2) is 9.70. The lowest BCUT2D eigenvalue weighted by atomic mass is 9.99. The van der Waals surface area contributed by atoms with E-state index in [4.69, 9.17) is 4.84 Å². The van der Waals surface area contributed by atoms with Crippen molar-refractivity contribution in [2.45, 2.75) is 46.8 Å². The predicted octanol–water partition coefficient (Wildman–Crippen LogP) is 4.40. The minimum Gasteiger partial charge on any atom is -0.481 e. The summed E-state index contributed by atoms with van der Waals surface area (Å²) in [4.78, 5) is 19.0. The summed E-state index contributed by atoms with van der Waals surface area (Å²) < 4.78 is 0.